The Kier molecular flexibility index (Phi) is 5.11. The second kappa shape index (κ2) is 8.05. The average molecular weight is 486 g/mol. The Hall–Kier alpha value is -3.90. The zero-order valence-electron chi connectivity index (χ0n) is 22.6. The lowest BCUT2D eigenvalue weighted by molar-refractivity contribution is -0.660. The van der Waals surface area contributed by atoms with Gasteiger partial charge >= 0.3 is 0 Å². The summed E-state index contributed by atoms with van der Waals surface area (Å²) < 4.78 is 8.98. The van der Waals surface area contributed by atoms with Crippen molar-refractivity contribution in [2.24, 2.45) is 7.05 Å². The standard InChI is InChI=1S/C34H33N2O/c1-21-13-15-23-24-16-14-22(20-35)29(32(24)37-31(23)28(21)27-12-7-8-19-36(27)6)25-10-9-11-26-30(25)34(4,5)18-17-33(26,2)3/h7-16,19H,17-18H2,1-6H3/q+1. The molecule has 3 nitrogen and oxygen atoms in total. The second-order valence-electron chi connectivity index (χ2n) is 11.9. The molecule has 1 aliphatic carbocycles. The second-order valence-corrected chi connectivity index (χ2v) is 11.9. The van der Waals surface area contributed by atoms with Crippen molar-refractivity contribution >= 4 is 21.9 Å². The third kappa shape index (κ3) is 3.43. The minimum absolute atomic E-state index is 0.00188. The first-order chi connectivity index (χ1) is 17.6. The summed E-state index contributed by atoms with van der Waals surface area (Å²) in [5.74, 6) is 0. The maximum atomic E-state index is 10.3. The van der Waals surface area contributed by atoms with Gasteiger partial charge in [-0.2, -0.15) is 5.26 Å². The molecule has 0 aliphatic heterocycles. The van der Waals surface area contributed by atoms with Crippen molar-refractivity contribution in [1.29, 1.82) is 5.26 Å². The van der Waals surface area contributed by atoms with Crippen LogP contribution in [0.1, 0.15) is 62.8 Å². The summed E-state index contributed by atoms with van der Waals surface area (Å²) in [4.78, 5) is 0. The fourth-order valence-electron chi connectivity index (χ4n) is 6.40. The Balaban J connectivity index is 1.75. The molecule has 0 atom stereocenters. The number of pyridine rings is 1. The topological polar surface area (TPSA) is 40.8 Å². The molecule has 0 spiro atoms. The lowest BCUT2D eigenvalue weighted by atomic mass is 9.61. The van der Waals surface area contributed by atoms with Crippen LogP contribution < -0.4 is 4.57 Å². The first kappa shape index (κ1) is 23.5. The van der Waals surface area contributed by atoms with E-state index in [2.05, 4.69) is 107 Å². The lowest BCUT2D eigenvalue weighted by Crippen LogP contribution is -2.34. The zero-order chi connectivity index (χ0) is 26.1. The Morgan fingerprint density at radius 1 is 0.811 bits per heavy atom. The van der Waals surface area contributed by atoms with E-state index in [4.69, 9.17) is 4.42 Å². The summed E-state index contributed by atoms with van der Waals surface area (Å²) in [7, 11) is 2.07. The van der Waals surface area contributed by atoms with Crippen molar-refractivity contribution in [2.45, 2.75) is 58.3 Å². The van der Waals surface area contributed by atoms with Gasteiger partial charge in [0.15, 0.2) is 6.20 Å². The third-order valence-corrected chi connectivity index (χ3v) is 8.56. The van der Waals surface area contributed by atoms with Gasteiger partial charge in [0.05, 0.1) is 17.2 Å². The SMILES string of the molecule is Cc1ccc2c(oc3c(-c4cccc5c4C(C)(C)CCC5(C)C)c(C#N)ccc32)c1-c1cccc[n+]1C. The first-order valence-corrected chi connectivity index (χ1v) is 13.1. The highest BCUT2D eigenvalue weighted by Crippen LogP contribution is 2.51. The van der Waals surface area contributed by atoms with E-state index in [1.807, 2.05) is 12.1 Å². The van der Waals surface area contributed by atoms with E-state index < -0.39 is 0 Å². The predicted octanol–water partition coefficient (Wildman–Crippen LogP) is 8.27. The molecule has 6 rings (SSSR count). The molecular weight excluding hydrogens is 452 g/mol. The highest BCUT2D eigenvalue weighted by atomic mass is 16.3. The number of nitriles is 1. The number of hydrogen-bond acceptors (Lipinski definition) is 2. The van der Waals surface area contributed by atoms with E-state index in [-0.39, 0.29) is 10.8 Å². The van der Waals surface area contributed by atoms with Crippen LogP contribution in [0.3, 0.4) is 0 Å². The predicted molar refractivity (Wildman–Crippen MR) is 151 cm³/mol. The average Bonchev–Trinajstić information content (AvgIpc) is 3.25. The van der Waals surface area contributed by atoms with Crippen LogP contribution in [-0.4, -0.2) is 0 Å². The molecule has 0 amide bonds. The summed E-state index contributed by atoms with van der Waals surface area (Å²) in [6.45, 7) is 11.5. The van der Waals surface area contributed by atoms with E-state index in [1.54, 1.807) is 0 Å². The monoisotopic (exact) mass is 485 g/mol. The molecule has 2 aromatic heterocycles. The van der Waals surface area contributed by atoms with Crippen molar-refractivity contribution in [1.82, 2.24) is 0 Å². The first-order valence-electron chi connectivity index (χ1n) is 13.1. The largest absolute Gasteiger partial charge is 0.454 e. The van der Waals surface area contributed by atoms with Gasteiger partial charge in [0, 0.05) is 28.5 Å². The van der Waals surface area contributed by atoms with Crippen LogP contribution in [0.4, 0.5) is 0 Å². The molecule has 184 valence electrons. The fourth-order valence-corrected chi connectivity index (χ4v) is 6.40. The minimum atomic E-state index is 0.00188. The van der Waals surface area contributed by atoms with E-state index >= 15 is 0 Å². The van der Waals surface area contributed by atoms with Gasteiger partial charge in [0.25, 0.3) is 0 Å². The molecule has 2 heterocycles. The van der Waals surface area contributed by atoms with Gasteiger partial charge in [-0.3, -0.25) is 0 Å². The molecule has 0 bridgehead atoms. The fraction of sp³-hybridized carbons (Fsp3) is 0.294. The van der Waals surface area contributed by atoms with E-state index in [0.29, 0.717) is 5.56 Å². The van der Waals surface area contributed by atoms with Gasteiger partial charge in [0.2, 0.25) is 5.69 Å². The Labute approximate surface area is 219 Å². The number of aryl methyl sites for hydroxylation is 2. The highest BCUT2D eigenvalue weighted by Gasteiger charge is 2.39. The number of benzene rings is 3. The van der Waals surface area contributed by atoms with Gasteiger partial charge in [-0.05, 0) is 71.0 Å². The van der Waals surface area contributed by atoms with Gasteiger partial charge < -0.3 is 4.42 Å². The molecule has 3 aromatic carbocycles. The van der Waals surface area contributed by atoms with Crippen molar-refractivity contribution in [2.75, 3.05) is 0 Å². The number of rotatable bonds is 2. The normalized spacial score (nSPS) is 16.0. The number of furan rings is 1. The van der Waals surface area contributed by atoms with Gasteiger partial charge in [0.1, 0.15) is 18.2 Å². The molecule has 0 saturated carbocycles. The molecule has 3 heteroatoms. The summed E-state index contributed by atoms with van der Waals surface area (Å²) in [6.07, 6.45) is 4.32. The summed E-state index contributed by atoms with van der Waals surface area (Å²) in [5.41, 5.74) is 10.5. The summed E-state index contributed by atoms with van der Waals surface area (Å²) >= 11 is 0. The van der Waals surface area contributed by atoms with Crippen LogP contribution in [0.25, 0.3) is 44.3 Å². The minimum Gasteiger partial charge on any atom is -0.454 e. The maximum Gasteiger partial charge on any atom is 0.216 e. The van der Waals surface area contributed by atoms with E-state index in [1.165, 1.54) is 11.1 Å². The Morgan fingerprint density at radius 3 is 2.24 bits per heavy atom. The van der Waals surface area contributed by atoms with Gasteiger partial charge in [-0.25, -0.2) is 4.57 Å². The molecule has 37 heavy (non-hydrogen) atoms. The Morgan fingerprint density at radius 2 is 1.51 bits per heavy atom. The number of nitrogens with zero attached hydrogens (tertiary/aromatic N) is 2. The van der Waals surface area contributed by atoms with Crippen molar-refractivity contribution in [3.8, 4) is 28.5 Å². The summed E-state index contributed by atoms with van der Waals surface area (Å²) in [5, 5.41) is 12.4. The van der Waals surface area contributed by atoms with Gasteiger partial charge in [-0.15, -0.1) is 0 Å². The molecule has 0 N–H and O–H groups in total. The molecule has 5 aromatic rings. The number of fused-ring (bicyclic) bond motifs is 4. The lowest BCUT2D eigenvalue weighted by Gasteiger charge is -2.43. The van der Waals surface area contributed by atoms with E-state index in [9.17, 15) is 5.26 Å². The van der Waals surface area contributed by atoms with Crippen LogP contribution in [0.15, 0.2) is 71.3 Å². The molecule has 0 fully saturated rings. The highest BCUT2D eigenvalue weighted by molar-refractivity contribution is 6.14. The van der Waals surface area contributed by atoms with Crippen LogP contribution in [0, 0.1) is 18.3 Å². The number of hydrogen-bond donors (Lipinski definition) is 0. The molecule has 0 saturated heterocycles. The number of aromatic nitrogens is 1. The molecule has 0 radical (unpaired) electrons. The molecular formula is C34H33N2O+. The van der Waals surface area contributed by atoms with Crippen LogP contribution in [0.2, 0.25) is 0 Å². The quantitative estimate of drug-likeness (QED) is 0.236. The smallest absolute Gasteiger partial charge is 0.216 e. The maximum absolute atomic E-state index is 10.3. The van der Waals surface area contributed by atoms with Gasteiger partial charge in [-0.1, -0.05) is 58.0 Å². The molecule has 1 aliphatic rings. The summed E-state index contributed by atoms with van der Waals surface area (Å²) in [6, 6.07) is 23.7. The molecule has 0 unspecified atom stereocenters. The zero-order valence-corrected chi connectivity index (χ0v) is 22.6. The van der Waals surface area contributed by atoms with Crippen molar-refractivity contribution < 1.29 is 8.98 Å². The van der Waals surface area contributed by atoms with Crippen LogP contribution in [0.5, 0.6) is 0 Å². The van der Waals surface area contributed by atoms with Crippen molar-refractivity contribution in [3.63, 3.8) is 0 Å². The van der Waals surface area contributed by atoms with Crippen LogP contribution >= 0.6 is 0 Å². The van der Waals surface area contributed by atoms with Crippen molar-refractivity contribution in [3.05, 3.63) is 89.1 Å². The van der Waals surface area contributed by atoms with Crippen LogP contribution in [-0.2, 0) is 17.9 Å². The third-order valence-electron chi connectivity index (χ3n) is 8.56. The van der Waals surface area contributed by atoms with E-state index in [0.717, 1.165) is 62.7 Å². The Bertz CT molecular complexity index is 1760.